The second-order valence-electron chi connectivity index (χ2n) is 5.17. The van der Waals surface area contributed by atoms with Gasteiger partial charge in [0.2, 0.25) is 10.0 Å². The largest absolute Gasteiger partial charge is 0.324 e. The van der Waals surface area contributed by atoms with Crippen LogP contribution in [0, 0.1) is 0 Å². The fraction of sp³-hybridized carbons (Fsp3) is 0. The summed E-state index contributed by atoms with van der Waals surface area (Å²) in [5.41, 5.74) is 1.67. The molecule has 6 nitrogen and oxygen atoms in total. The third-order valence-corrected chi connectivity index (χ3v) is 4.34. The van der Waals surface area contributed by atoms with Crippen LogP contribution in [0.15, 0.2) is 78.0 Å². The molecule has 3 aromatic rings. The molecule has 2 aromatic carbocycles. The van der Waals surface area contributed by atoms with Crippen molar-refractivity contribution in [3.8, 4) is 5.69 Å². The van der Waals surface area contributed by atoms with Crippen molar-refractivity contribution in [3.05, 3.63) is 78.6 Å². The number of nitrogens with zero attached hydrogens (tertiary/aromatic N) is 1. The highest BCUT2D eigenvalue weighted by Gasteiger charge is 2.11. The molecule has 0 spiro atoms. The molecule has 1 heterocycles. The molecule has 3 rings (SSSR count). The summed E-state index contributed by atoms with van der Waals surface area (Å²) < 4.78 is 24.6. The van der Waals surface area contributed by atoms with Gasteiger partial charge in [-0.15, -0.1) is 0 Å². The highest BCUT2D eigenvalue weighted by Crippen LogP contribution is 2.16. The van der Waals surface area contributed by atoms with Crippen LogP contribution in [0.25, 0.3) is 5.69 Å². The van der Waals surface area contributed by atoms with Crippen molar-refractivity contribution in [1.29, 1.82) is 0 Å². The minimum absolute atomic E-state index is 0.0543. The molecule has 1 amide bonds. The van der Waals surface area contributed by atoms with E-state index in [1.165, 1.54) is 18.2 Å². The standard InChI is InChI=1S/C17H15N3O3S/c18-24(22,23)16-8-4-6-14(12-16)19-17(21)13-5-3-7-15(11-13)20-9-1-2-10-20/h1-12H,(H,19,21)(H2,18,22,23). The Morgan fingerprint density at radius 1 is 0.958 bits per heavy atom. The molecule has 24 heavy (non-hydrogen) atoms. The third kappa shape index (κ3) is 3.53. The van der Waals surface area contributed by atoms with Crippen molar-refractivity contribution in [2.24, 2.45) is 5.14 Å². The normalized spacial score (nSPS) is 11.2. The van der Waals surface area contributed by atoms with E-state index in [-0.39, 0.29) is 10.8 Å². The molecule has 0 saturated carbocycles. The van der Waals surface area contributed by atoms with Gasteiger partial charge in [-0.2, -0.15) is 0 Å². The number of nitrogens with one attached hydrogen (secondary N) is 1. The zero-order valence-electron chi connectivity index (χ0n) is 12.6. The molecule has 0 saturated heterocycles. The highest BCUT2D eigenvalue weighted by atomic mass is 32.2. The van der Waals surface area contributed by atoms with E-state index in [0.717, 1.165) is 5.69 Å². The van der Waals surface area contributed by atoms with Gasteiger partial charge in [-0.3, -0.25) is 4.79 Å². The summed E-state index contributed by atoms with van der Waals surface area (Å²) in [4.78, 5) is 12.3. The van der Waals surface area contributed by atoms with E-state index in [9.17, 15) is 13.2 Å². The lowest BCUT2D eigenvalue weighted by molar-refractivity contribution is 0.102. The number of nitrogens with two attached hydrogens (primary N) is 1. The summed E-state index contributed by atoms with van der Waals surface area (Å²) in [7, 11) is -3.82. The van der Waals surface area contributed by atoms with Crippen molar-refractivity contribution in [1.82, 2.24) is 4.57 Å². The molecule has 0 atom stereocenters. The lowest BCUT2D eigenvalue weighted by Gasteiger charge is -2.09. The van der Waals surface area contributed by atoms with Crippen LogP contribution in [0.4, 0.5) is 5.69 Å². The molecule has 0 aliphatic rings. The fourth-order valence-corrected chi connectivity index (χ4v) is 2.83. The summed E-state index contributed by atoms with van der Waals surface area (Å²) in [6.07, 6.45) is 3.76. The predicted molar refractivity (Wildman–Crippen MR) is 91.5 cm³/mol. The van der Waals surface area contributed by atoms with Crippen molar-refractivity contribution < 1.29 is 13.2 Å². The van der Waals surface area contributed by atoms with Crippen LogP contribution in [0.2, 0.25) is 0 Å². The van der Waals surface area contributed by atoms with Crippen molar-refractivity contribution in [3.63, 3.8) is 0 Å². The van der Waals surface area contributed by atoms with Gasteiger partial charge in [0, 0.05) is 29.3 Å². The molecule has 0 bridgehead atoms. The molecule has 122 valence electrons. The molecular formula is C17H15N3O3S. The van der Waals surface area contributed by atoms with Gasteiger partial charge in [0.1, 0.15) is 0 Å². The lowest BCUT2D eigenvalue weighted by Crippen LogP contribution is -2.15. The minimum Gasteiger partial charge on any atom is -0.324 e. The maximum Gasteiger partial charge on any atom is 0.255 e. The van der Waals surface area contributed by atoms with Gasteiger partial charge in [-0.25, -0.2) is 13.6 Å². The van der Waals surface area contributed by atoms with Gasteiger partial charge in [-0.05, 0) is 48.5 Å². The molecule has 0 aliphatic heterocycles. The Bertz CT molecular complexity index is 980. The summed E-state index contributed by atoms with van der Waals surface area (Å²) in [6, 6.07) is 16.7. The number of carbonyl (C=O) groups is 1. The van der Waals surface area contributed by atoms with Crippen LogP contribution < -0.4 is 10.5 Å². The second-order valence-corrected chi connectivity index (χ2v) is 6.73. The zero-order chi connectivity index (χ0) is 17.2. The number of anilines is 1. The first-order chi connectivity index (χ1) is 11.4. The van der Waals surface area contributed by atoms with Crippen LogP contribution in [0.5, 0.6) is 0 Å². The molecule has 7 heteroatoms. The molecule has 1 aromatic heterocycles. The van der Waals surface area contributed by atoms with Gasteiger partial charge in [-0.1, -0.05) is 12.1 Å². The molecule has 0 radical (unpaired) electrons. The van der Waals surface area contributed by atoms with Crippen LogP contribution in [-0.4, -0.2) is 18.9 Å². The third-order valence-electron chi connectivity index (χ3n) is 3.43. The number of amides is 1. The van der Waals surface area contributed by atoms with Crippen molar-refractivity contribution in [2.75, 3.05) is 5.32 Å². The van der Waals surface area contributed by atoms with Crippen molar-refractivity contribution >= 4 is 21.6 Å². The number of primary sulfonamides is 1. The number of hydrogen-bond donors (Lipinski definition) is 2. The Morgan fingerprint density at radius 2 is 1.67 bits per heavy atom. The number of benzene rings is 2. The molecule has 0 unspecified atom stereocenters. The summed E-state index contributed by atoms with van der Waals surface area (Å²) in [6.45, 7) is 0. The van der Waals surface area contributed by atoms with Crippen LogP contribution in [-0.2, 0) is 10.0 Å². The quantitative estimate of drug-likeness (QED) is 0.763. The van der Waals surface area contributed by atoms with Crippen LogP contribution in [0.1, 0.15) is 10.4 Å². The number of sulfonamides is 1. The first-order valence-electron chi connectivity index (χ1n) is 7.11. The van der Waals surface area contributed by atoms with E-state index >= 15 is 0 Å². The smallest absolute Gasteiger partial charge is 0.255 e. The summed E-state index contributed by atoms with van der Waals surface area (Å²) in [5, 5.41) is 7.77. The van der Waals surface area contributed by atoms with Gasteiger partial charge < -0.3 is 9.88 Å². The van der Waals surface area contributed by atoms with E-state index in [4.69, 9.17) is 5.14 Å². The van der Waals surface area contributed by atoms with Gasteiger partial charge in [0.15, 0.2) is 0 Å². The second kappa shape index (κ2) is 6.31. The van der Waals surface area contributed by atoms with Gasteiger partial charge in [0.05, 0.1) is 4.90 Å². The highest BCUT2D eigenvalue weighted by molar-refractivity contribution is 7.89. The van der Waals surface area contributed by atoms with Gasteiger partial charge >= 0.3 is 0 Å². The van der Waals surface area contributed by atoms with E-state index < -0.39 is 10.0 Å². The van der Waals surface area contributed by atoms with Crippen LogP contribution >= 0.6 is 0 Å². The Balaban J connectivity index is 1.85. The fourth-order valence-electron chi connectivity index (χ4n) is 2.27. The average Bonchev–Trinajstić information content (AvgIpc) is 3.09. The Labute approximate surface area is 139 Å². The molecular weight excluding hydrogens is 326 g/mol. The van der Waals surface area contributed by atoms with Gasteiger partial charge in [0.25, 0.3) is 5.91 Å². The first kappa shape index (κ1) is 16.0. The van der Waals surface area contributed by atoms with E-state index in [1.54, 1.807) is 24.3 Å². The maximum absolute atomic E-state index is 12.4. The molecule has 0 aliphatic carbocycles. The Kier molecular flexibility index (Phi) is 4.20. The summed E-state index contributed by atoms with van der Waals surface area (Å²) >= 11 is 0. The Hall–Kier alpha value is -2.90. The maximum atomic E-state index is 12.4. The minimum atomic E-state index is -3.82. The number of carbonyl (C=O) groups excluding carboxylic acids is 1. The van der Waals surface area contributed by atoms with Crippen LogP contribution in [0.3, 0.4) is 0 Å². The van der Waals surface area contributed by atoms with Crippen molar-refractivity contribution in [2.45, 2.75) is 4.90 Å². The average molecular weight is 341 g/mol. The van der Waals surface area contributed by atoms with E-state index in [2.05, 4.69) is 5.32 Å². The number of hydrogen-bond acceptors (Lipinski definition) is 3. The topological polar surface area (TPSA) is 94.2 Å². The summed E-state index contributed by atoms with van der Waals surface area (Å²) in [5.74, 6) is -0.337. The molecule has 3 N–H and O–H groups in total. The monoisotopic (exact) mass is 341 g/mol. The number of rotatable bonds is 4. The van der Waals surface area contributed by atoms with E-state index in [0.29, 0.717) is 11.3 Å². The SMILES string of the molecule is NS(=O)(=O)c1cccc(NC(=O)c2cccc(-n3cccc3)c2)c1. The zero-order valence-corrected chi connectivity index (χ0v) is 13.4. The van der Waals surface area contributed by atoms with E-state index in [1.807, 2.05) is 35.2 Å². The predicted octanol–water partition coefficient (Wildman–Crippen LogP) is 2.38. The lowest BCUT2D eigenvalue weighted by atomic mass is 10.2. The molecule has 0 fully saturated rings. The number of aromatic nitrogens is 1. The first-order valence-corrected chi connectivity index (χ1v) is 8.66. The Morgan fingerprint density at radius 3 is 2.38 bits per heavy atom.